The monoisotopic (exact) mass is 481 g/mol. The minimum atomic E-state index is -1.09. The molecule has 1 aliphatic heterocycles. The van der Waals surface area contributed by atoms with Crippen LogP contribution in [-0.2, 0) is 30.3 Å². The van der Waals surface area contributed by atoms with Crippen molar-refractivity contribution in [2.75, 3.05) is 13.7 Å². The highest BCUT2D eigenvalue weighted by Crippen LogP contribution is 2.23. The molecule has 1 heterocycles. The Hall–Kier alpha value is -4.11. The molecule has 35 heavy (non-hydrogen) atoms. The number of hydrogen-bond acceptors (Lipinski definition) is 7. The molecule has 0 unspecified atom stereocenters. The van der Waals surface area contributed by atoms with Gasteiger partial charge in [0.2, 0.25) is 22.6 Å². The molecule has 2 aromatic rings. The summed E-state index contributed by atoms with van der Waals surface area (Å²) in [6, 6.07) is 9.84. The number of nitrogens with zero attached hydrogens (tertiary/aromatic N) is 3. The van der Waals surface area contributed by atoms with Gasteiger partial charge in [0.05, 0.1) is 7.11 Å². The maximum atomic E-state index is 13.4. The number of carbonyl (C=O) groups is 4. The molecule has 0 radical (unpaired) electrons. The van der Waals surface area contributed by atoms with E-state index >= 15 is 0 Å². The molecule has 3 N–H and O–H groups in total. The lowest BCUT2D eigenvalue weighted by atomic mass is 10.0. The number of methoxy groups -OCH3 is 1. The van der Waals surface area contributed by atoms with Crippen molar-refractivity contribution in [3.05, 3.63) is 48.0 Å². The van der Waals surface area contributed by atoms with Crippen LogP contribution in [0.1, 0.15) is 25.8 Å². The Morgan fingerprint density at radius 1 is 1.17 bits per heavy atom. The van der Waals surface area contributed by atoms with Crippen LogP contribution < -0.4 is 15.5 Å². The molecular formula is C24H29N6O5+. The highest BCUT2D eigenvalue weighted by molar-refractivity contribution is 5.94. The number of carbonyl (C=O) groups excluding carboxylic acids is 4. The van der Waals surface area contributed by atoms with E-state index < -0.39 is 42.0 Å². The Kier molecular flexibility index (Phi) is 8.27. The Bertz CT molecular complexity index is 1180. The van der Waals surface area contributed by atoms with Crippen molar-refractivity contribution in [3.63, 3.8) is 0 Å². The number of benzene rings is 2. The van der Waals surface area contributed by atoms with Crippen molar-refractivity contribution in [2.45, 2.75) is 50.9 Å². The van der Waals surface area contributed by atoms with Gasteiger partial charge < -0.3 is 20.3 Å². The summed E-state index contributed by atoms with van der Waals surface area (Å²) < 4.78 is 4.91. The molecule has 184 valence electrons. The van der Waals surface area contributed by atoms with Gasteiger partial charge in [0.1, 0.15) is 28.8 Å². The summed E-state index contributed by atoms with van der Waals surface area (Å²) in [5.74, 6) is -2.09. The van der Waals surface area contributed by atoms with Gasteiger partial charge in [0, 0.05) is 19.9 Å². The van der Waals surface area contributed by atoms with Gasteiger partial charge in [-0.25, -0.2) is 4.79 Å². The maximum absolute atomic E-state index is 13.4. The minimum Gasteiger partial charge on any atom is -0.467 e. The number of hydrogen-bond donors (Lipinski definition) is 3. The van der Waals surface area contributed by atoms with Crippen LogP contribution in [0.2, 0.25) is 0 Å². The average molecular weight is 482 g/mol. The first-order valence-corrected chi connectivity index (χ1v) is 11.2. The summed E-state index contributed by atoms with van der Waals surface area (Å²) in [5.41, 5.74) is 7.91. The average Bonchev–Trinajstić information content (AvgIpc) is 3.26. The molecule has 3 amide bonds. The predicted octanol–water partition coefficient (Wildman–Crippen LogP) is 1.08. The number of likely N-dealkylation sites (tertiary alicyclic amines) is 1. The number of esters is 1. The second kappa shape index (κ2) is 11.3. The lowest BCUT2D eigenvalue weighted by Gasteiger charge is -2.28. The smallest absolute Gasteiger partial charge is 0.328 e. The zero-order valence-corrected chi connectivity index (χ0v) is 19.9. The Balaban J connectivity index is 1.83. The van der Waals surface area contributed by atoms with Gasteiger partial charge in [-0.05, 0) is 29.7 Å². The summed E-state index contributed by atoms with van der Waals surface area (Å²) >= 11 is 0. The number of rotatable bonds is 8. The molecule has 3 rings (SSSR count). The van der Waals surface area contributed by atoms with E-state index in [9.17, 15) is 19.2 Å². The summed E-state index contributed by atoms with van der Waals surface area (Å²) in [5, 5.41) is 11.1. The molecule has 11 heteroatoms. The van der Waals surface area contributed by atoms with Crippen LogP contribution in [0.3, 0.4) is 0 Å². The van der Waals surface area contributed by atoms with Crippen LogP contribution in [0.25, 0.3) is 10.8 Å². The summed E-state index contributed by atoms with van der Waals surface area (Å²) in [4.78, 5) is 54.6. The number of ether oxygens (including phenoxy) is 1. The van der Waals surface area contributed by atoms with Gasteiger partial charge >= 0.3 is 5.97 Å². The summed E-state index contributed by atoms with van der Waals surface area (Å²) in [6.07, 6.45) is 0.489. The normalized spacial score (nSPS) is 18.8. The molecule has 0 aliphatic carbocycles. The summed E-state index contributed by atoms with van der Waals surface area (Å²) in [7, 11) is 1.24. The SMILES string of the molecule is COC(=O)[C@H](Cc1ccc2ccccc2c1)NC(=O)[C@@H]1[C@H](N=[N+]=N)CCN1C(=O)[C@@H](C)NC(C)=O. The molecule has 1 fully saturated rings. The maximum Gasteiger partial charge on any atom is 0.328 e. The molecule has 1 saturated heterocycles. The van der Waals surface area contributed by atoms with Gasteiger partial charge in [-0.15, -0.1) is 0 Å². The molecule has 2 aromatic carbocycles. The Morgan fingerprint density at radius 2 is 1.89 bits per heavy atom. The van der Waals surface area contributed by atoms with Crippen molar-refractivity contribution < 1.29 is 23.9 Å². The van der Waals surface area contributed by atoms with Crippen LogP contribution in [0.5, 0.6) is 0 Å². The molecule has 4 atom stereocenters. The number of fused-ring (bicyclic) bond motifs is 1. The standard InChI is InChI=1S/C24H28N6O5/c1-14(26-15(2)31)23(33)30-11-10-19(28-29-25)21(30)22(32)27-20(24(34)35-3)13-16-8-9-17-6-4-5-7-18(17)12-16/h4-9,12,14,19-21,25H,10-11,13H2,1-3H3,(H-,26,27,31,32)/p+1/t14-,19-,20+,21+/m1/s1. The van der Waals surface area contributed by atoms with Crippen molar-refractivity contribution in [1.82, 2.24) is 20.4 Å². The first kappa shape index (κ1) is 25.5. The van der Waals surface area contributed by atoms with Gasteiger partial charge in [-0.2, -0.15) is 0 Å². The lowest BCUT2D eigenvalue weighted by Crippen LogP contribution is -2.57. The molecule has 1 aliphatic rings. The third-order valence-electron chi connectivity index (χ3n) is 5.97. The van der Waals surface area contributed by atoms with E-state index in [1.807, 2.05) is 42.5 Å². The fraction of sp³-hybridized carbons (Fsp3) is 0.417. The van der Waals surface area contributed by atoms with E-state index in [2.05, 4.69) is 20.7 Å². The fourth-order valence-electron chi connectivity index (χ4n) is 4.34. The highest BCUT2D eigenvalue weighted by atomic mass is 16.5. The van der Waals surface area contributed by atoms with Gasteiger partial charge in [-0.3, -0.25) is 14.4 Å². The van der Waals surface area contributed by atoms with Crippen molar-refractivity contribution in [2.24, 2.45) is 5.11 Å². The van der Waals surface area contributed by atoms with E-state index in [-0.39, 0.29) is 18.9 Å². The van der Waals surface area contributed by atoms with Crippen molar-refractivity contribution in [3.8, 4) is 0 Å². The van der Waals surface area contributed by atoms with Crippen LogP contribution in [0.15, 0.2) is 47.6 Å². The largest absolute Gasteiger partial charge is 0.467 e. The van der Waals surface area contributed by atoms with E-state index in [0.29, 0.717) is 6.42 Å². The predicted molar refractivity (Wildman–Crippen MR) is 126 cm³/mol. The second-order valence-corrected chi connectivity index (χ2v) is 8.44. The third-order valence-corrected chi connectivity index (χ3v) is 5.97. The zero-order chi connectivity index (χ0) is 25.5. The van der Waals surface area contributed by atoms with Gasteiger partial charge in [0.15, 0.2) is 6.04 Å². The van der Waals surface area contributed by atoms with E-state index in [4.69, 9.17) is 10.3 Å². The first-order valence-electron chi connectivity index (χ1n) is 11.2. The van der Waals surface area contributed by atoms with Crippen LogP contribution in [-0.4, -0.2) is 66.4 Å². The molecule has 0 bridgehead atoms. The highest BCUT2D eigenvalue weighted by Gasteiger charge is 2.46. The van der Waals surface area contributed by atoms with Crippen LogP contribution in [0, 0.1) is 5.53 Å². The molecule has 0 spiro atoms. The van der Waals surface area contributed by atoms with E-state index in [1.54, 1.807) is 0 Å². The van der Waals surface area contributed by atoms with Crippen molar-refractivity contribution in [1.29, 1.82) is 5.53 Å². The zero-order valence-electron chi connectivity index (χ0n) is 19.9. The third kappa shape index (κ3) is 6.07. The molecule has 11 nitrogen and oxygen atoms in total. The lowest BCUT2D eigenvalue weighted by molar-refractivity contribution is -0.146. The van der Waals surface area contributed by atoms with Crippen LogP contribution in [0.4, 0.5) is 0 Å². The Morgan fingerprint density at radius 3 is 2.54 bits per heavy atom. The Labute approximate surface area is 202 Å². The van der Waals surface area contributed by atoms with E-state index in [0.717, 1.165) is 16.3 Å². The second-order valence-electron chi connectivity index (χ2n) is 8.44. The number of nitrogens with one attached hydrogen (secondary N) is 3. The van der Waals surface area contributed by atoms with E-state index in [1.165, 1.54) is 25.9 Å². The van der Waals surface area contributed by atoms with Crippen LogP contribution >= 0.6 is 0 Å². The quantitative estimate of drug-likeness (QED) is 0.292. The van der Waals surface area contributed by atoms with Gasteiger partial charge in [-0.1, -0.05) is 42.5 Å². The summed E-state index contributed by atoms with van der Waals surface area (Å²) in [6.45, 7) is 3.01. The van der Waals surface area contributed by atoms with Crippen molar-refractivity contribution >= 4 is 34.5 Å². The fourth-order valence-corrected chi connectivity index (χ4v) is 4.34. The topological polar surface area (TPSA) is 155 Å². The molecule has 0 aromatic heterocycles. The van der Waals surface area contributed by atoms with Gasteiger partial charge in [0.25, 0.3) is 0 Å². The molecular weight excluding hydrogens is 452 g/mol. The minimum absolute atomic E-state index is 0.177. The molecule has 0 saturated carbocycles. The number of amides is 3. The first-order chi connectivity index (χ1) is 16.7.